The molecule has 2 aliphatic rings. The number of hydrogen-bond donors (Lipinski definition) is 2. The molecule has 0 aromatic heterocycles. The van der Waals surface area contributed by atoms with Crippen molar-refractivity contribution in [1.82, 2.24) is 4.90 Å². The smallest absolute Gasteiger partial charge is 0.328 e. The van der Waals surface area contributed by atoms with Gasteiger partial charge in [0.05, 0.1) is 11.4 Å². The number of carboxylic acids is 2. The second-order valence-corrected chi connectivity index (χ2v) is 11.9. The number of Topliss-reactive ketones (excluding diaryl/α,β-unsaturated/α-hetero) is 1. The van der Waals surface area contributed by atoms with Crippen LogP contribution in [-0.2, 0) is 9.59 Å². The molecule has 0 aliphatic carbocycles. The summed E-state index contributed by atoms with van der Waals surface area (Å²) in [5.74, 6) is -2.61. The van der Waals surface area contributed by atoms with Crippen molar-refractivity contribution in [2.45, 2.75) is 33.9 Å². The minimum atomic E-state index is -1.26. The molecule has 5 rings (SSSR count). The molecule has 220 valence electrons. The Morgan fingerprint density at radius 1 is 0.905 bits per heavy atom. The van der Waals surface area contributed by atoms with E-state index in [0.29, 0.717) is 17.7 Å². The number of hydrogen-bond acceptors (Lipinski definition) is 7. The maximum atomic E-state index is 13.2. The second-order valence-electron chi connectivity index (χ2n) is 9.91. The maximum Gasteiger partial charge on any atom is 0.328 e. The van der Waals surface area contributed by atoms with Crippen LogP contribution in [0.1, 0.15) is 29.6 Å². The molecule has 42 heavy (non-hydrogen) atoms. The number of carbonyl (C=O) groups is 3. The number of likely N-dealkylation sites (tertiary alicyclic amines) is 1. The standard InChI is InChI=1S/C28H29FN2OS2.C4H4O4/c1-33-23-11-12-27-25(19-23)31(24-5-2-3-6-26(24)34-27)16-4-15-30-17-13-21(14-18-30)28(32)20-7-9-22(29)10-8-20;5-3(6)1-2-4(7)8/h2-3,5-12,19,21H,4,13-18H2,1H3;1-2H,(H,5,6)(H,7,8). The van der Waals surface area contributed by atoms with Gasteiger partial charge in [-0.25, -0.2) is 14.0 Å². The molecule has 1 fully saturated rings. The Hall–Kier alpha value is -3.60. The number of anilines is 2. The summed E-state index contributed by atoms with van der Waals surface area (Å²) in [5, 5.41) is 15.6. The van der Waals surface area contributed by atoms with E-state index in [1.54, 1.807) is 23.9 Å². The normalized spacial score (nSPS) is 15.0. The number of benzene rings is 3. The fourth-order valence-electron chi connectivity index (χ4n) is 5.04. The van der Waals surface area contributed by atoms with Crippen LogP contribution in [0.4, 0.5) is 15.8 Å². The maximum absolute atomic E-state index is 13.2. The number of aliphatic carboxylic acids is 2. The highest BCUT2D eigenvalue weighted by atomic mass is 32.2. The lowest BCUT2D eigenvalue weighted by Gasteiger charge is -2.35. The van der Waals surface area contributed by atoms with Crippen LogP contribution in [0.3, 0.4) is 0 Å². The van der Waals surface area contributed by atoms with Gasteiger partial charge >= 0.3 is 11.9 Å². The average molecular weight is 609 g/mol. The summed E-state index contributed by atoms with van der Waals surface area (Å²) in [6.07, 6.45) is 6.06. The summed E-state index contributed by atoms with van der Waals surface area (Å²) < 4.78 is 13.2. The van der Waals surface area contributed by atoms with Crippen LogP contribution in [0.5, 0.6) is 0 Å². The van der Waals surface area contributed by atoms with Gasteiger partial charge in [0.1, 0.15) is 5.82 Å². The molecular formula is C32H33FN2O5S2. The Morgan fingerprint density at radius 2 is 1.55 bits per heavy atom. The molecule has 0 spiro atoms. The first-order valence-electron chi connectivity index (χ1n) is 13.6. The van der Waals surface area contributed by atoms with Crippen LogP contribution in [0.2, 0.25) is 0 Å². The molecule has 2 N–H and O–H groups in total. The van der Waals surface area contributed by atoms with Gasteiger partial charge in [0, 0.05) is 44.9 Å². The zero-order valence-electron chi connectivity index (χ0n) is 23.2. The van der Waals surface area contributed by atoms with E-state index in [2.05, 4.69) is 58.5 Å². The molecule has 0 atom stereocenters. The van der Waals surface area contributed by atoms with Crippen LogP contribution in [0.25, 0.3) is 0 Å². The van der Waals surface area contributed by atoms with Gasteiger partial charge in [-0.2, -0.15) is 0 Å². The predicted molar refractivity (Wildman–Crippen MR) is 165 cm³/mol. The van der Waals surface area contributed by atoms with E-state index >= 15 is 0 Å². The van der Waals surface area contributed by atoms with E-state index in [0.717, 1.165) is 45.4 Å². The lowest BCUT2D eigenvalue weighted by atomic mass is 9.89. The zero-order valence-corrected chi connectivity index (χ0v) is 24.9. The molecule has 7 nitrogen and oxygen atoms in total. The van der Waals surface area contributed by atoms with E-state index < -0.39 is 11.9 Å². The van der Waals surface area contributed by atoms with Crippen molar-refractivity contribution >= 4 is 52.6 Å². The summed E-state index contributed by atoms with van der Waals surface area (Å²) in [5.41, 5.74) is 3.23. The summed E-state index contributed by atoms with van der Waals surface area (Å²) in [4.78, 5) is 40.8. The first kappa shape index (κ1) is 31.3. The Bertz CT molecular complexity index is 1420. The van der Waals surface area contributed by atoms with Crippen LogP contribution in [-0.4, -0.2) is 65.3 Å². The van der Waals surface area contributed by atoms with Crippen molar-refractivity contribution in [2.75, 3.05) is 37.3 Å². The Balaban J connectivity index is 0.000000446. The van der Waals surface area contributed by atoms with Crippen LogP contribution in [0, 0.1) is 11.7 Å². The van der Waals surface area contributed by atoms with Gasteiger partial charge in [0.15, 0.2) is 5.78 Å². The average Bonchev–Trinajstić information content (AvgIpc) is 3.00. The minimum absolute atomic E-state index is 0.0459. The highest BCUT2D eigenvalue weighted by molar-refractivity contribution is 8.00. The van der Waals surface area contributed by atoms with Crippen molar-refractivity contribution < 1.29 is 29.0 Å². The Morgan fingerprint density at radius 3 is 2.19 bits per heavy atom. The van der Waals surface area contributed by atoms with Gasteiger partial charge in [-0.1, -0.05) is 23.9 Å². The third-order valence-electron chi connectivity index (χ3n) is 7.14. The number of piperidine rings is 1. The lowest BCUT2D eigenvalue weighted by molar-refractivity contribution is -0.134. The van der Waals surface area contributed by atoms with Crippen molar-refractivity contribution in [1.29, 1.82) is 0 Å². The van der Waals surface area contributed by atoms with Gasteiger partial charge in [-0.15, -0.1) is 11.8 Å². The van der Waals surface area contributed by atoms with Gasteiger partial charge < -0.3 is 20.0 Å². The number of rotatable bonds is 9. The topological polar surface area (TPSA) is 98.2 Å². The SMILES string of the molecule is CSc1ccc2c(c1)N(CCCN1CCC(C(=O)c3ccc(F)cc3)CC1)c1ccccc1S2.O=C(O)C=CC(=O)O. The number of carboxylic acid groups (broad SMARTS) is 2. The molecular weight excluding hydrogens is 575 g/mol. The zero-order chi connectivity index (χ0) is 30.1. The highest BCUT2D eigenvalue weighted by Gasteiger charge is 2.27. The van der Waals surface area contributed by atoms with Crippen molar-refractivity contribution in [3.8, 4) is 0 Å². The molecule has 0 amide bonds. The van der Waals surface area contributed by atoms with Crippen molar-refractivity contribution in [3.63, 3.8) is 0 Å². The molecule has 3 aromatic rings. The number of ketones is 1. The van der Waals surface area contributed by atoms with Crippen LogP contribution < -0.4 is 4.90 Å². The fraction of sp³-hybridized carbons (Fsp3) is 0.281. The summed E-state index contributed by atoms with van der Waals surface area (Å²) in [6, 6.07) is 21.4. The first-order valence-corrected chi connectivity index (χ1v) is 15.7. The largest absolute Gasteiger partial charge is 0.478 e. The lowest BCUT2D eigenvalue weighted by Crippen LogP contribution is -2.38. The number of thioether (sulfide) groups is 1. The molecule has 0 radical (unpaired) electrons. The molecule has 0 unspecified atom stereocenters. The molecule has 0 saturated carbocycles. The molecule has 0 bridgehead atoms. The van der Waals surface area contributed by atoms with Gasteiger partial charge in [-0.05, 0) is 99.7 Å². The van der Waals surface area contributed by atoms with E-state index in [1.807, 2.05) is 11.8 Å². The highest BCUT2D eigenvalue weighted by Crippen LogP contribution is 2.48. The molecule has 10 heteroatoms. The predicted octanol–water partition coefficient (Wildman–Crippen LogP) is 6.85. The second kappa shape index (κ2) is 15.0. The number of fused-ring (bicyclic) bond motifs is 2. The third kappa shape index (κ3) is 8.47. The number of nitrogens with zero attached hydrogens (tertiary/aromatic N) is 2. The molecule has 2 aliphatic heterocycles. The van der Waals surface area contributed by atoms with Crippen molar-refractivity contribution in [3.05, 3.63) is 90.3 Å². The fourth-order valence-corrected chi connectivity index (χ4v) is 6.55. The third-order valence-corrected chi connectivity index (χ3v) is 9.00. The molecule has 3 aromatic carbocycles. The minimum Gasteiger partial charge on any atom is -0.478 e. The van der Waals surface area contributed by atoms with Gasteiger partial charge in [0.2, 0.25) is 0 Å². The monoisotopic (exact) mass is 608 g/mol. The first-order chi connectivity index (χ1) is 20.2. The van der Waals surface area contributed by atoms with E-state index in [1.165, 1.54) is 38.2 Å². The number of para-hydroxylation sites is 1. The van der Waals surface area contributed by atoms with E-state index in [4.69, 9.17) is 10.2 Å². The summed E-state index contributed by atoms with van der Waals surface area (Å²) in [7, 11) is 0. The summed E-state index contributed by atoms with van der Waals surface area (Å²) in [6.45, 7) is 3.88. The van der Waals surface area contributed by atoms with Gasteiger partial charge in [-0.3, -0.25) is 4.79 Å². The number of halogens is 1. The molecule has 1 saturated heterocycles. The van der Waals surface area contributed by atoms with Crippen LogP contribution >= 0.6 is 23.5 Å². The van der Waals surface area contributed by atoms with E-state index in [9.17, 15) is 18.8 Å². The Labute approximate surface area is 253 Å². The summed E-state index contributed by atoms with van der Waals surface area (Å²) >= 11 is 3.64. The Kier molecular flexibility index (Phi) is 11.2. The van der Waals surface area contributed by atoms with Crippen molar-refractivity contribution in [2.24, 2.45) is 5.92 Å². The van der Waals surface area contributed by atoms with E-state index in [-0.39, 0.29) is 17.5 Å². The quantitative estimate of drug-likeness (QED) is 0.154. The van der Waals surface area contributed by atoms with Crippen LogP contribution in [0.15, 0.2) is 93.6 Å². The number of carbonyl (C=O) groups excluding carboxylic acids is 1. The molecule has 2 heterocycles. The van der Waals surface area contributed by atoms with Gasteiger partial charge in [0.25, 0.3) is 0 Å².